The van der Waals surface area contributed by atoms with E-state index in [1.807, 2.05) is 0 Å². The molecule has 3 rings (SSSR count). The molecule has 5 nitrogen and oxygen atoms in total. The Morgan fingerprint density at radius 3 is 1.31 bits per heavy atom. The summed E-state index contributed by atoms with van der Waals surface area (Å²) in [7, 11) is 0. The molecule has 2 fully saturated rings. The van der Waals surface area contributed by atoms with Crippen molar-refractivity contribution in [3.05, 3.63) is 119 Å². The van der Waals surface area contributed by atoms with E-state index < -0.39 is 0 Å². The summed E-state index contributed by atoms with van der Waals surface area (Å²) in [6.45, 7) is 26.5. The van der Waals surface area contributed by atoms with E-state index in [0.717, 1.165) is 56.9 Å². The van der Waals surface area contributed by atoms with Crippen LogP contribution in [0.25, 0.3) is 0 Å². The van der Waals surface area contributed by atoms with Crippen LogP contribution in [0.15, 0.2) is 119 Å². The Morgan fingerprint density at radius 2 is 0.880 bits per heavy atom. The number of esters is 2. The van der Waals surface area contributed by atoms with Gasteiger partial charge in [-0.25, -0.2) is 0 Å². The molecule has 1 heterocycles. The lowest BCUT2D eigenvalue weighted by Gasteiger charge is -2.40. The van der Waals surface area contributed by atoms with Crippen molar-refractivity contribution in [2.75, 3.05) is 0 Å². The van der Waals surface area contributed by atoms with Crippen molar-refractivity contribution in [3.63, 3.8) is 0 Å². The number of carbonyl (C=O) groups excluding carboxylic acids is 2. The maximum absolute atomic E-state index is 12.8. The van der Waals surface area contributed by atoms with Crippen LogP contribution in [0.3, 0.4) is 0 Å². The first-order valence-corrected chi connectivity index (χ1v) is 30.8. The van der Waals surface area contributed by atoms with E-state index in [1.165, 1.54) is 156 Å². The predicted molar refractivity (Wildman–Crippen MR) is 323 cm³/mol. The molecule has 422 valence electrons. The van der Waals surface area contributed by atoms with Gasteiger partial charge < -0.3 is 14.2 Å². The van der Waals surface area contributed by atoms with Gasteiger partial charge in [0.25, 0.3) is 0 Å². The van der Waals surface area contributed by atoms with Gasteiger partial charge in [0, 0.05) is 31.1 Å². The van der Waals surface area contributed by atoms with Crippen LogP contribution in [0.2, 0.25) is 0 Å². The number of carbonyl (C=O) groups is 2. The number of allylic oxidation sites excluding steroid dienone is 18. The van der Waals surface area contributed by atoms with Gasteiger partial charge in [0.05, 0.1) is 0 Å². The minimum Gasteiger partial charge on any atom is -0.462 e. The zero-order valence-corrected chi connectivity index (χ0v) is 50.5. The quantitative estimate of drug-likeness (QED) is 0.0267. The molecule has 0 spiro atoms. The van der Waals surface area contributed by atoms with Gasteiger partial charge in [-0.1, -0.05) is 290 Å². The lowest BCUT2D eigenvalue weighted by molar-refractivity contribution is -0.153. The van der Waals surface area contributed by atoms with E-state index in [1.54, 1.807) is 0 Å². The largest absolute Gasteiger partial charge is 0.462 e. The number of ether oxygens (including phenoxy) is 3. The summed E-state index contributed by atoms with van der Waals surface area (Å²) in [5, 5.41) is 0. The smallest absolute Gasteiger partial charge is 0.306 e. The van der Waals surface area contributed by atoms with E-state index in [2.05, 4.69) is 168 Å². The van der Waals surface area contributed by atoms with Crippen molar-refractivity contribution in [3.8, 4) is 0 Å². The van der Waals surface area contributed by atoms with E-state index in [0.29, 0.717) is 12.8 Å². The van der Waals surface area contributed by atoms with Gasteiger partial charge in [-0.15, -0.1) is 0 Å². The lowest BCUT2D eigenvalue weighted by Crippen LogP contribution is -2.47. The number of unbranched alkanes of at least 4 members (excludes halogenated alkanes) is 22. The summed E-state index contributed by atoms with van der Waals surface area (Å²) in [6.07, 6.45) is 65.3. The summed E-state index contributed by atoms with van der Waals surface area (Å²) in [5.41, 5.74) is 6.47. The first kappa shape index (κ1) is 65.6. The molecule has 0 radical (unpaired) electrons. The molecule has 0 aromatic carbocycles. The first-order chi connectivity index (χ1) is 35.9. The normalized spacial score (nSPS) is 23.4. The summed E-state index contributed by atoms with van der Waals surface area (Å²) in [4.78, 5) is 25.6. The van der Waals surface area contributed by atoms with Crippen LogP contribution in [0.5, 0.6) is 0 Å². The van der Waals surface area contributed by atoms with Crippen LogP contribution in [0.1, 0.15) is 276 Å². The second-order valence-corrected chi connectivity index (χ2v) is 24.8. The second kappa shape index (κ2) is 35.7. The molecule has 1 saturated carbocycles. The van der Waals surface area contributed by atoms with E-state index >= 15 is 0 Å². The van der Waals surface area contributed by atoms with Gasteiger partial charge in [-0.05, 0) is 84.3 Å². The Bertz CT molecular complexity index is 2010. The summed E-state index contributed by atoms with van der Waals surface area (Å²) >= 11 is 0. The van der Waals surface area contributed by atoms with Crippen molar-refractivity contribution in [2.45, 2.75) is 299 Å². The minimum absolute atomic E-state index is 0.0268. The molecule has 0 N–H and O–H groups in total. The van der Waals surface area contributed by atoms with Crippen LogP contribution in [0.4, 0.5) is 0 Å². The van der Waals surface area contributed by atoms with Crippen LogP contribution in [-0.2, 0) is 23.8 Å². The number of rotatable bonds is 38. The minimum atomic E-state index is -0.355. The molecule has 2 aliphatic carbocycles. The highest BCUT2D eigenvalue weighted by molar-refractivity contribution is 5.70. The monoisotopic (exact) mass is 1030 g/mol. The third kappa shape index (κ3) is 25.5. The van der Waals surface area contributed by atoms with Gasteiger partial charge in [0.2, 0.25) is 0 Å². The maximum atomic E-state index is 12.8. The Kier molecular flexibility index (Phi) is 31.2. The summed E-state index contributed by atoms with van der Waals surface area (Å²) in [6, 6.07) is 0. The maximum Gasteiger partial charge on any atom is 0.306 e. The molecule has 3 aliphatic rings. The average Bonchev–Trinajstić information content (AvgIpc) is 3.98. The van der Waals surface area contributed by atoms with Crippen LogP contribution in [-0.4, -0.2) is 35.3 Å². The highest BCUT2D eigenvalue weighted by Crippen LogP contribution is 2.66. The average molecular weight is 1030 g/mol. The Hall–Kier alpha value is -3.70. The molecule has 1 saturated heterocycles. The Balaban J connectivity index is 1.35. The molecule has 75 heavy (non-hydrogen) atoms. The SMILES string of the molecule is CCCCCCCCCCCCCCCC(=O)O[C@@H]1CC(C)=C(/C=C/C(C)=C/C=C/C(C)=C/C=C/C=C(C)/C=C/C=C(C)/C=C/[C@@]23O[C@]2(C)C[C@@H](OC(=O)CCCCCCCCCCCCC)CC3(C)C)C(C)(C)C1. The fourth-order valence-electron chi connectivity index (χ4n) is 11.9. The van der Waals surface area contributed by atoms with Gasteiger partial charge in [-0.3, -0.25) is 9.59 Å². The molecule has 0 aromatic heterocycles. The summed E-state index contributed by atoms with van der Waals surface area (Å²) < 4.78 is 18.7. The topological polar surface area (TPSA) is 65.1 Å². The number of epoxide rings is 1. The second-order valence-electron chi connectivity index (χ2n) is 24.8. The van der Waals surface area contributed by atoms with Gasteiger partial charge in [0.1, 0.15) is 23.4 Å². The number of fused-ring (bicyclic) bond motifs is 1. The van der Waals surface area contributed by atoms with Crippen molar-refractivity contribution in [2.24, 2.45) is 10.8 Å². The van der Waals surface area contributed by atoms with Gasteiger partial charge in [-0.2, -0.15) is 0 Å². The summed E-state index contributed by atoms with van der Waals surface area (Å²) in [5.74, 6) is -0.0767. The van der Waals surface area contributed by atoms with Crippen molar-refractivity contribution in [1.82, 2.24) is 0 Å². The lowest BCUT2D eigenvalue weighted by atomic mass is 9.63. The van der Waals surface area contributed by atoms with Gasteiger partial charge in [0.15, 0.2) is 0 Å². The molecule has 0 bridgehead atoms. The zero-order valence-electron chi connectivity index (χ0n) is 50.5. The molecule has 5 heteroatoms. The number of hydrogen-bond acceptors (Lipinski definition) is 5. The van der Waals surface area contributed by atoms with Crippen molar-refractivity contribution in [1.29, 1.82) is 0 Å². The number of hydrogen-bond donors (Lipinski definition) is 0. The highest BCUT2D eigenvalue weighted by Gasteiger charge is 2.75. The van der Waals surface area contributed by atoms with E-state index in [4.69, 9.17) is 14.2 Å². The van der Waals surface area contributed by atoms with Crippen LogP contribution >= 0.6 is 0 Å². The fourth-order valence-corrected chi connectivity index (χ4v) is 11.9. The highest BCUT2D eigenvalue weighted by atomic mass is 16.6. The predicted octanol–water partition coefficient (Wildman–Crippen LogP) is 21.0. The standard InChI is InChI=1S/C70H112O5/c1-13-15-17-19-21-23-25-26-28-30-31-33-35-47-65(71)73-62-53-61(7)64(67(8,9)54-62)50-49-59(5)45-39-43-57(3)41-37-38-42-58(4)44-40-46-60(6)51-52-70-68(10,11)55-63(56-69(70,12)75-70)74-66(72)48-36-34-32-29-27-24-22-20-18-16-14-2/h37-46,49-52,62-63H,13-36,47-48,53-56H2,1-12H3/b38-37+,43-39+,44-40+,50-49+,52-51+,57-41+,58-42+,59-45+,60-46+/t62-,63+,69-,70+/m1/s1. The van der Waals surface area contributed by atoms with E-state index in [9.17, 15) is 9.59 Å². The third-order valence-corrected chi connectivity index (χ3v) is 16.4. The third-order valence-electron chi connectivity index (χ3n) is 16.4. The van der Waals surface area contributed by atoms with Crippen LogP contribution < -0.4 is 0 Å². The molecule has 0 unspecified atom stereocenters. The first-order valence-electron chi connectivity index (χ1n) is 30.8. The van der Waals surface area contributed by atoms with Crippen molar-refractivity contribution < 1.29 is 23.8 Å². The zero-order chi connectivity index (χ0) is 55.0. The molecule has 0 aromatic rings. The van der Waals surface area contributed by atoms with Crippen LogP contribution in [0, 0.1) is 10.8 Å². The molecule has 4 atom stereocenters. The van der Waals surface area contributed by atoms with Gasteiger partial charge >= 0.3 is 11.9 Å². The van der Waals surface area contributed by atoms with E-state index in [-0.39, 0.29) is 46.2 Å². The Morgan fingerprint density at radius 1 is 0.493 bits per heavy atom. The molecule has 1 aliphatic heterocycles. The molecular formula is C70H112O5. The molecule has 0 amide bonds. The van der Waals surface area contributed by atoms with Crippen molar-refractivity contribution >= 4 is 11.9 Å². The Labute approximate surface area is 462 Å². The fraction of sp³-hybridized carbons (Fsp3) is 0.686. The molecular weight excluding hydrogens is 921 g/mol.